The standard InChI is InChI=1S/C18H18ClFN6O2/c1-28-14-9-15(19)23-24-17(14)26-16(10-25-6-4-21-5-7-25)22-13-3-2-11(20)8-12(13)18(26)27/h2-3,8-9,21H,4-7,10H2,1H3. The number of piperazine rings is 1. The van der Waals surface area contributed by atoms with Gasteiger partial charge in [-0.2, -0.15) is 0 Å². The van der Waals surface area contributed by atoms with Gasteiger partial charge in [-0.25, -0.2) is 13.9 Å². The fraction of sp³-hybridized carbons (Fsp3) is 0.333. The lowest BCUT2D eigenvalue weighted by atomic mass is 10.2. The molecule has 146 valence electrons. The smallest absolute Gasteiger partial charge is 0.267 e. The van der Waals surface area contributed by atoms with Crippen LogP contribution in [0, 0.1) is 5.82 Å². The van der Waals surface area contributed by atoms with Crippen LogP contribution in [0.4, 0.5) is 4.39 Å². The van der Waals surface area contributed by atoms with Gasteiger partial charge in [-0.05, 0) is 18.2 Å². The van der Waals surface area contributed by atoms with Crippen molar-refractivity contribution < 1.29 is 9.13 Å². The van der Waals surface area contributed by atoms with Gasteiger partial charge in [0.05, 0.1) is 24.6 Å². The first-order valence-corrected chi connectivity index (χ1v) is 9.16. The van der Waals surface area contributed by atoms with Crippen molar-refractivity contribution in [3.63, 3.8) is 0 Å². The SMILES string of the molecule is COc1cc(Cl)nnc1-n1c(CN2CCNCC2)nc2ccc(F)cc2c1=O. The van der Waals surface area contributed by atoms with Crippen LogP contribution < -0.4 is 15.6 Å². The maximum Gasteiger partial charge on any atom is 0.267 e. The van der Waals surface area contributed by atoms with Gasteiger partial charge in [0, 0.05) is 32.2 Å². The highest BCUT2D eigenvalue weighted by Crippen LogP contribution is 2.24. The van der Waals surface area contributed by atoms with Crippen molar-refractivity contribution in [2.75, 3.05) is 33.3 Å². The minimum absolute atomic E-state index is 0.136. The summed E-state index contributed by atoms with van der Waals surface area (Å²) in [5.74, 6) is 0.407. The van der Waals surface area contributed by atoms with Crippen molar-refractivity contribution in [1.29, 1.82) is 0 Å². The van der Waals surface area contributed by atoms with E-state index in [1.54, 1.807) is 0 Å². The van der Waals surface area contributed by atoms with Crippen LogP contribution in [0.1, 0.15) is 5.82 Å². The fourth-order valence-corrected chi connectivity index (χ4v) is 3.39. The number of nitrogens with one attached hydrogen (secondary N) is 1. The molecule has 1 aliphatic rings. The molecule has 1 N–H and O–H groups in total. The Balaban J connectivity index is 1.94. The number of benzene rings is 1. The molecule has 1 fully saturated rings. The molecule has 0 spiro atoms. The molecule has 1 saturated heterocycles. The van der Waals surface area contributed by atoms with Crippen LogP contribution in [-0.2, 0) is 6.54 Å². The number of ether oxygens (including phenoxy) is 1. The van der Waals surface area contributed by atoms with Gasteiger partial charge in [0.1, 0.15) is 11.6 Å². The highest BCUT2D eigenvalue weighted by molar-refractivity contribution is 6.29. The van der Waals surface area contributed by atoms with Crippen molar-refractivity contribution >= 4 is 22.5 Å². The predicted molar refractivity (Wildman–Crippen MR) is 103 cm³/mol. The van der Waals surface area contributed by atoms with Crippen molar-refractivity contribution in [2.45, 2.75) is 6.54 Å². The van der Waals surface area contributed by atoms with Gasteiger partial charge in [-0.15, -0.1) is 10.2 Å². The number of aromatic nitrogens is 4. The van der Waals surface area contributed by atoms with Crippen LogP contribution >= 0.6 is 11.6 Å². The van der Waals surface area contributed by atoms with Gasteiger partial charge in [-0.3, -0.25) is 9.69 Å². The minimum Gasteiger partial charge on any atom is -0.493 e. The number of methoxy groups -OCH3 is 1. The average molecular weight is 405 g/mol. The number of hydrogen-bond donors (Lipinski definition) is 1. The van der Waals surface area contributed by atoms with E-state index in [0.29, 0.717) is 17.9 Å². The number of halogens is 2. The number of hydrogen-bond acceptors (Lipinski definition) is 7. The first-order valence-electron chi connectivity index (χ1n) is 8.78. The molecular weight excluding hydrogens is 387 g/mol. The van der Waals surface area contributed by atoms with Crippen LogP contribution in [0.5, 0.6) is 5.75 Å². The summed E-state index contributed by atoms with van der Waals surface area (Å²) in [5, 5.41) is 11.5. The molecule has 0 unspecified atom stereocenters. The topological polar surface area (TPSA) is 85.2 Å². The van der Waals surface area contributed by atoms with E-state index in [-0.39, 0.29) is 22.1 Å². The second kappa shape index (κ2) is 7.78. The van der Waals surface area contributed by atoms with Gasteiger partial charge in [-0.1, -0.05) is 11.6 Å². The molecule has 2 aromatic heterocycles. The van der Waals surface area contributed by atoms with E-state index in [9.17, 15) is 9.18 Å². The first kappa shape index (κ1) is 18.7. The van der Waals surface area contributed by atoms with Crippen molar-refractivity contribution in [3.05, 3.63) is 51.4 Å². The molecule has 0 amide bonds. The molecule has 28 heavy (non-hydrogen) atoms. The summed E-state index contributed by atoms with van der Waals surface area (Å²) in [6.07, 6.45) is 0. The molecule has 1 aromatic carbocycles. The minimum atomic E-state index is -0.512. The lowest BCUT2D eigenvalue weighted by Gasteiger charge is -2.27. The average Bonchev–Trinajstić information content (AvgIpc) is 2.70. The highest BCUT2D eigenvalue weighted by atomic mass is 35.5. The summed E-state index contributed by atoms with van der Waals surface area (Å²) in [6, 6.07) is 5.44. The summed E-state index contributed by atoms with van der Waals surface area (Å²) in [7, 11) is 1.45. The Hall–Kier alpha value is -2.62. The molecular formula is C18H18ClFN6O2. The zero-order valence-electron chi connectivity index (χ0n) is 15.2. The van der Waals surface area contributed by atoms with Crippen LogP contribution in [0.25, 0.3) is 16.7 Å². The van der Waals surface area contributed by atoms with E-state index in [2.05, 4.69) is 25.4 Å². The molecule has 3 aromatic rings. The first-order chi connectivity index (χ1) is 13.6. The number of fused-ring (bicyclic) bond motifs is 1. The molecule has 1 aliphatic heterocycles. The van der Waals surface area contributed by atoms with Crippen molar-refractivity contribution in [3.8, 4) is 11.6 Å². The Labute approximate surface area is 164 Å². The monoisotopic (exact) mass is 404 g/mol. The van der Waals surface area contributed by atoms with E-state index in [4.69, 9.17) is 16.3 Å². The summed E-state index contributed by atoms with van der Waals surface area (Å²) in [4.78, 5) is 20.1. The second-order valence-electron chi connectivity index (χ2n) is 6.42. The maximum absolute atomic E-state index is 13.8. The van der Waals surface area contributed by atoms with Gasteiger partial charge >= 0.3 is 0 Å². The third-order valence-corrected chi connectivity index (χ3v) is 4.80. The number of rotatable bonds is 4. The Morgan fingerprint density at radius 1 is 1.25 bits per heavy atom. The molecule has 0 bridgehead atoms. The third kappa shape index (κ3) is 3.56. The lowest BCUT2D eigenvalue weighted by Crippen LogP contribution is -2.44. The molecule has 0 atom stereocenters. The van der Waals surface area contributed by atoms with Crippen LogP contribution in [0.2, 0.25) is 5.15 Å². The van der Waals surface area contributed by atoms with Gasteiger partial charge in [0.2, 0.25) is 5.82 Å². The Kier molecular flexibility index (Phi) is 5.21. The van der Waals surface area contributed by atoms with Gasteiger partial charge in [0.15, 0.2) is 10.9 Å². The third-order valence-electron chi connectivity index (χ3n) is 4.62. The Bertz CT molecular complexity index is 1080. The molecule has 0 aliphatic carbocycles. The zero-order chi connectivity index (χ0) is 19.7. The van der Waals surface area contributed by atoms with Gasteiger partial charge in [0.25, 0.3) is 5.56 Å². The summed E-state index contributed by atoms with van der Waals surface area (Å²) < 4.78 is 20.4. The van der Waals surface area contributed by atoms with Gasteiger partial charge < -0.3 is 10.1 Å². The molecule has 0 saturated carbocycles. The maximum atomic E-state index is 13.8. The quantitative estimate of drug-likeness (QED) is 0.703. The van der Waals surface area contributed by atoms with Crippen LogP contribution in [0.3, 0.4) is 0 Å². The highest BCUT2D eigenvalue weighted by Gasteiger charge is 2.21. The molecule has 3 heterocycles. The molecule has 8 nitrogen and oxygen atoms in total. The predicted octanol–water partition coefficient (Wildman–Crippen LogP) is 1.38. The van der Waals surface area contributed by atoms with Crippen LogP contribution in [-0.4, -0.2) is 57.9 Å². The van der Waals surface area contributed by atoms with E-state index >= 15 is 0 Å². The van der Waals surface area contributed by atoms with Crippen LogP contribution in [0.15, 0.2) is 29.1 Å². The van der Waals surface area contributed by atoms with E-state index in [1.807, 2.05) is 0 Å². The van der Waals surface area contributed by atoms with Crippen molar-refractivity contribution in [2.24, 2.45) is 0 Å². The lowest BCUT2D eigenvalue weighted by molar-refractivity contribution is 0.226. The molecule has 0 radical (unpaired) electrons. The molecule has 10 heteroatoms. The Morgan fingerprint density at radius 2 is 2.04 bits per heavy atom. The summed E-state index contributed by atoms with van der Waals surface area (Å²) in [5.41, 5.74) is -0.0155. The van der Waals surface area contributed by atoms with E-state index < -0.39 is 11.4 Å². The fourth-order valence-electron chi connectivity index (χ4n) is 3.25. The summed E-state index contributed by atoms with van der Waals surface area (Å²) in [6.45, 7) is 3.78. The second-order valence-corrected chi connectivity index (χ2v) is 6.80. The van der Waals surface area contributed by atoms with E-state index in [0.717, 1.165) is 26.2 Å². The van der Waals surface area contributed by atoms with Crippen molar-refractivity contribution in [1.82, 2.24) is 30.0 Å². The summed E-state index contributed by atoms with van der Waals surface area (Å²) >= 11 is 5.91. The normalized spacial score (nSPS) is 15.1. The Morgan fingerprint density at radius 3 is 2.79 bits per heavy atom. The largest absolute Gasteiger partial charge is 0.493 e. The zero-order valence-corrected chi connectivity index (χ0v) is 15.9. The number of nitrogens with zero attached hydrogens (tertiary/aromatic N) is 5. The molecule has 4 rings (SSSR count). The van der Waals surface area contributed by atoms with E-state index in [1.165, 1.54) is 35.9 Å².